The summed E-state index contributed by atoms with van der Waals surface area (Å²) in [5.74, 6) is 0.487. The van der Waals surface area contributed by atoms with E-state index in [1.165, 1.54) is 12.1 Å². The molecule has 1 aromatic carbocycles. The number of halogens is 2. The Labute approximate surface area is 170 Å². The molecule has 156 valence electrons. The largest absolute Gasteiger partial charge is 0.493 e. The molecule has 0 aliphatic carbocycles. The van der Waals surface area contributed by atoms with E-state index in [0.29, 0.717) is 24.8 Å². The van der Waals surface area contributed by atoms with Gasteiger partial charge in [-0.15, -0.1) is 0 Å². The molecule has 1 aromatic rings. The zero-order chi connectivity index (χ0) is 20.1. The molecule has 2 aliphatic rings. The van der Waals surface area contributed by atoms with Gasteiger partial charge < -0.3 is 20.5 Å². The number of aliphatic hydroxyl groups is 1. The second kappa shape index (κ2) is 9.87. The zero-order valence-electron chi connectivity index (χ0n) is 16.2. The lowest BCUT2D eigenvalue weighted by Crippen LogP contribution is -2.55. The SMILES string of the molecule is CN1CC(COc2ccc(F)c(Cl)c2)CCC1NC(=O)C1CCC(CO)NC1. The van der Waals surface area contributed by atoms with Crippen LogP contribution >= 0.6 is 11.6 Å². The third-order valence-corrected chi connectivity index (χ3v) is 6.01. The summed E-state index contributed by atoms with van der Waals surface area (Å²) in [5, 5.41) is 15.6. The molecular weight excluding hydrogens is 385 g/mol. The van der Waals surface area contributed by atoms with Gasteiger partial charge in [-0.3, -0.25) is 9.69 Å². The smallest absolute Gasteiger partial charge is 0.225 e. The summed E-state index contributed by atoms with van der Waals surface area (Å²) < 4.78 is 19.0. The minimum atomic E-state index is -0.454. The van der Waals surface area contributed by atoms with Crippen molar-refractivity contribution in [3.63, 3.8) is 0 Å². The van der Waals surface area contributed by atoms with Gasteiger partial charge in [0.25, 0.3) is 0 Å². The van der Waals surface area contributed by atoms with Gasteiger partial charge in [0.15, 0.2) is 0 Å². The van der Waals surface area contributed by atoms with E-state index in [1.807, 2.05) is 7.05 Å². The molecule has 2 saturated heterocycles. The van der Waals surface area contributed by atoms with E-state index in [2.05, 4.69) is 15.5 Å². The van der Waals surface area contributed by atoms with Crippen molar-refractivity contribution in [1.82, 2.24) is 15.5 Å². The highest BCUT2D eigenvalue weighted by Gasteiger charge is 2.31. The van der Waals surface area contributed by atoms with Crippen LogP contribution in [0, 0.1) is 17.7 Å². The molecule has 0 bridgehead atoms. The van der Waals surface area contributed by atoms with Gasteiger partial charge >= 0.3 is 0 Å². The third-order valence-electron chi connectivity index (χ3n) is 5.72. The van der Waals surface area contributed by atoms with Crippen LogP contribution in [0.15, 0.2) is 18.2 Å². The van der Waals surface area contributed by atoms with E-state index >= 15 is 0 Å². The van der Waals surface area contributed by atoms with Crippen LogP contribution in [0.25, 0.3) is 0 Å². The summed E-state index contributed by atoms with van der Waals surface area (Å²) in [6.07, 6.45) is 3.46. The van der Waals surface area contributed by atoms with E-state index in [9.17, 15) is 14.3 Å². The van der Waals surface area contributed by atoms with Crippen LogP contribution in [0.5, 0.6) is 5.75 Å². The van der Waals surface area contributed by atoms with E-state index in [1.54, 1.807) is 6.07 Å². The van der Waals surface area contributed by atoms with Crippen LogP contribution in [0.4, 0.5) is 4.39 Å². The number of nitrogens with one attached hydrogen (secondary N) is 2. The predicted octanol–water partition coefficient (Wildman–Crippen LogP) is 2.00. The highest BCUT2D eigenvalue weighted by molar-refractivity contribution is 6.30. The molecule has 6 nitrogen and oxygen atoms in total. The minimum absolute atomic E-state index is 0.0274. The molecule has 0 radical (unpaired) electrons. The Kier molecular flexibility index (Phi) is 7.51. The van der Waals surface area contributed by atoms with Gasteiger partial charge in [-0.25, -0.2) is 4.39 Å². The number of carbonyl (C=O) groups is 1. The third kappa shape index (κ3) is 5.56. The van der Waals surface area contributed by atoms with Crippen LogP contribution in [0.1, 0.15) is 25.7 Å². The number of aliphatic hydroxyl groups excluding tert-OH is 1. The molecule has 3 rings (SSSR count). The normalized spacial score (nSPS) is 28.7. The number of likely N-dealkylation sites (tertiary alicyclic amines) is 1. The van der Waals surface area contributed by atoms with Crippen molar-refractivity contribution in [3.05, 3.63) is 29.0 Å². The maximum absolute atomic E-state index is 13.2. The van der Waals surface area contributed by atoms with E-state index in [4.69, 9.17) is 16.3 Å². The fraction of sp³-hybridized carbons (Fsp3) is 0.650. The second-order valence-corrected chi connectivity index (χ2v) is 8.26. The second-order valence-electron chi connectivity index (χ2n) is 7.86. The number of hydrogen-bond acceptors (Lipinski definition) is 5. The molecule has 2 aliphatic heterocycles. The average molecular weight is 414 g/mol. The number of piperidine rings is 2. The number of hydrogen-bond donors (Lipinski definition) is 3. The Balaban J connectivity index is 1.42. The summed E-state index contributed by atoms with van der Waals surface area (Å²) in [6.45, 7) is 2.08. The molecule has 8 heteroatoms. The average Bonchev–Trinajstić information content (AvgIpc) is 2.70. The first-order chi connectivity index (χ1) is 13.5. The van der Waals surface area contributed by atoms with Crippen LogP contribution in [-0.2, 0) is 4.79 Å². The predicted molar refractivity (Wildman–Crippen MR) is 106 cm³/mol. The fourth-order valence-electron chi connectivity index (χ4n) is 3.92. The van der Waals surface area contributed by atoms with Crippen molar-refractivity contribution in [1.29, 1.82) is 0 Å². The standard InChI is InChI=1S/C20H29ClFN3O3/c1-25-10-13(12-28-16-5-6-18(22)17(21)8-16)2-7-19(25)24-20(27)14-3-4-15(11-26)23-9-14/h5-6,8,13-15,19,23,26H,2-4,7,9-12H2,1H3,(H,24,27). The highest BCUT2D eigenvalue weighted by Crippen LogP contribution is 2.24. The van der Waals surface area contributed by atoms with Crippen LogP contribution in [0.2, 0.25) is 5.02 Å². The zero-order valence-corrected chi connectivity index (χ0v) is 16.9. The molecule has 2 heterocycles. The summed E-state index contributed by atoms with van der Waals surface area (Å²) in [4.78, 5) is 14.7. The molecule has 0 spiro atoms. The Morgan fingerprint density at radius 2 is 2.21 bits per heavy atom. The number of ether oxygens (including phenoxy) is 1. The monoisotopic (exact) mass is 413 g/mol. The lowest BCUT2D eigenvalue weighted by molar-refractivity contribution is -0.128. The molecular formula is C20H29ClFN3O3. The number of carbonyl (C=O) groups excluding carboxylic acids is 1. The van der Waals surface area contributed by atoms with Crippen molar-refractivity contribution in [2.24, 2.45) is 11.8 Å². The van der Waals surface area contributed by atoms with Crippen LogP contribution in [-0.4, -0.2) is 61.5 Å². The molecule has 3 N–H and O–H groups in total. The topological polar surface area (TPSA) is 73.8 Å². The first-order valence-corrected chi connectivity index (χ1v) is 10.3. The van der Waals surface area contributed by atoms with Crippen LogP contribution in [0.3, 0.4) is 0 Å². The minimum Gasteiger partial charge on any atom is -0.493 e. The molecule has 1 amide bonds. The maximum atomic E-state index is 13.2. The molecule has 0 aromatic heterocycles. The van der Waals surface area contributed by atoms with Crippen LogP contribution < -0.4 is 15.4 Å². The lowest BCUT2D eigenvalue weighted by atomic mass is 9.93. The molecule has 28 heavy (non-hydrogen) atoms. The van der Waals surface area contributed by atoms with Crippen molar-refractivity contribution in [2.75, 3.05) is 33.4 Å². The van der Waals surface area contributed by atoms with E-state index in [0.717, 1.165) is 32.2 Å². The van der Waals surface area contributed by atoms with E-state index < -0.39 is 5.82 Å². The number of nitrogens with zero attached hydrogens (tertiary/aromatic N) is 1. The van der Waals surface area contributed by atoms with Gasteiger partial charge in [-0.1, -0.05) is 11.6 Å². The highest BCUT2D eigenvalue weighted by atomic mass is 35.5. The molecule has 4 atom stereocenters. The van der Waals surface area contributed by atoms with Gasteiger partial charge in [0.1, 0.15) is 11.6 Å². The summed E-state index contributed by atoms with van der Waals surface area (Å²) in [6, 6.07) is 4.49. The first kappa shape index (κ1) is 21.3. The maximum Gasteiger partial charge on any atom is 0.225 e. The Morgan fingerprint density at radius 1 is 1.39 bits per heavy atom. The molecule has 4 unspecified atom stereocenters. The number of amides is 1. The summed E-state index contributed by atoms with van der Waals surface area (Å²) in [5.41, 5.74) is 0. The number of rotatable bonds is 6. The van der Waals surface area contributed by atoms with Gasteiger partial charge in [-0.05, 0) is 44.9 Å². The van der Waals surface area contributed by atoms with Gasteiger partial charge in [0, 0.05) is 31.1 Å². The molecule has 0 saturated carbocycles. The Bertz CT molecular complexity index is 670. The van der Waals surface area contributed by atoms with Gasteiger partial charge in [0.2, 0.25) is 5.91 Å². The Morgan fingerprint density at radius 3 is 2.86 bits per heavy atom. The van der Waals surface area contributed by atoms with Gasteiger partial charge in [-0.2, -0.15) is 0 Å². The lowest BCUT2D eigenvalue weighted by Gasteiger charge is -2.38. The fourth-order valence-corrected chi connectivity index (χ4v) is 4.09. The van der Waals surface area contributed by atoms with Crippen molar-refractivity contribution >= 4 is 17.5 Å². The first-order valence-electron chi connectivity index (χ1n) is 9.89. The summed E-state index contributed by atoms with van der Waals surface area (Å²) >= 11 is 5.79. The number of benzene rings is 1. The van der Waals surface area contributed by atoms with Crippen molar-refractivity contribution < 1.29 is 19.0 Å². The Hall–Kier alpha value is -1.41. The van der Waals surface area contributed by atoms with E-state index in [-0.39, 0.29) is 35.7 Å². The van der Waals surface area contributed by atoms with Crippen molar-refractivity contribution in [3.8, 4) is 5.75 Å². The quantitative estimate of drug-likeness (QED) is 0.665. The molecule has 2 fully saturated rings. The van der Waals surface area contributed by atoms with Crippen molar-refractivity contribution in [2.45, 2.75) is 37.9 Å². The van der Waals surface area contributed by atoms with Gasteiger partial charge in [0.05, 0.1) is 30.3 Å². The summed E-state index contributed by atoms with van der Waals surface area (Å²) in [7, 11) is 2.01.